The topological polar surface area (TPSA) is 26.0 Å². The van der Waals surface area contributed by atoms with E-state index in [0.717, 1.165) is 29.6 Å². The van der Waals surface area contributed by atoms with Crippen LogP contribution in [0.2, 0.25) is 0 Å². The molecule has 124 valence electrons. The molecule has 2 N–H and O–H groups in total. The van der Waals surface area contributed by atoms with Crippen LogP contribution in [-0.2, 0) is 0 Å². The van der Waals surface area contributed by atoms with E-state index >= 15 is 0 Å². The first-order valence-electron chi connectivity index (χ1n) is 9.85. The average molecular weight is 294 g/mol. The second-order valence-corrected chi connectivity index (χ2v) is 8.42. The summed E-state index contributed by atoms with van der Waals surface area (Å²) in [6, 6.07) is 0.488. The van der Waals surface area contributed by atoms with Crippen LogP contribution in [0.5, 0.6) is 0 Å². The van der Waals surface area contributed by atoms with Crippen LogP contribution < -0.4 is 5.73 Å². The van der Waals surface area contributed by atoms with Crippen molar-refractivity contribution >= 4 is 0 Å². The van der Waals surface area contributed by atoms with Crippen molar-refractivity contribution in [1.29, 1.82) is 0 Å². The molecule has 1 heteroatoms. The molecule has 5 atom stereocenters. The standard InChI is InChI=1S/C20H39N/c1-4-15(2)16(3)9-10-17-11-12-19(14-20(21)13-17)18-7-5-6-8-18/h15-20H,4-14,21H2,1-3H3/t15-,16+,17?,19+,20?/m0/s1. The lowest BCUT2D eigenvalue weighted by atomic mass is 9.83. The smallest absolute Gasteiger partial charge is 0.00442 e. The van der Waals surface area contributed by atoms with Crippen LogP contribution in [0.3, 0.4) is 0 Å². The minimum Gasteiger partial charge on any atom is -0.328 e. The quantitative estimate of drug-likeness (QED) is 0.618. The molecule has 0 amide bonds. The molecule has 0 saturated heterocycles. The van der Waals surface area contributed by atoms with Gasteiger partial charge >= 0.3 is 0 Å². The van der Waals surface area contributed by atoms with E-state index in [9.17, 15) is 0 Å². The third-order valence-electron chi connectivity index (χ3n) is 6.90. The third-order valence-corrected chi connectivity index (χ3v) is 6.90. The van der Waals surface area contributed by atoms with Gasteiger partial charge < -0.3 is 5.73 Å². The highest BCUT2D eigenvalue weighted by Crippen LogP contribution is 2.40. The van der Waals surface area contributed by atoms with Gasteiger partial charge in [0.25, 0.3) is 0 Å². The van der Waals surface area contributed by atoms with Gasteiger partial charge in [-0.25, -0.2) is 0 Å². The fourth-order valence-corrected chi connectivity index (χ4v) is 4.90. The maximum absolute atomic E-state index is 6.48. The van der Waals surface area contributed by atoms with Crippen molar-refractivity contribution in [2.75, 3.05) is 0 Å². The fourth-order valence-electron chi connectivity index (χ4n) is 4.90. The highest BCUT2D eigenvalue weighted by atomic mass is 14.6. The van der Waals surface area contributed by atoms with Gasteiger partial charge in [0.05, 0.1) is 0 Å². The van der Waals surface area contributed by atoms with Crippen molar-refractivity contribution in [2.45, 2.75) is 97.4 Å². The first kappa shape index (κ1) is 17.3. The molecule has 0 aliphatic heterocycles. The first-order valence-corrected chi connectivity index (χ1v) is 9.85. The molecule has 0 aromatic rings. The van der Waals surface area contributed by atoms with Crippen LogP contribution in [-0.4, -0.2) is 6.04 Å². The molecule has 0 aromatic carbocycles. The predicted molar refractivity (Wildman–Crippen MR) is 93.2 cm³/mol. The van der Waals surface area contributed by atoms with Crippen molar-refractivity contribution in [2.24, 2.45) is 35.3 Å². The molecule has 0 spiro atoms. The highest BCUT2D eigenvalue weighted by Gasteiger charge is 2.30. The van der Waals surface area contributed by atoms with Gasteiger partial charge in [-0.05, 0) is 48.9 Å². The van der Waals surface area contributed by atoms with Crippen LogP contribution in [0.15, 0.2) is 0 Å². The van der Waals surface area contributed by atoms with Crippen LogP contribution in [0.4, 0.5) is 0 Å². The summed E-state index contributed by atoms with van der Waals surface area (Å²) in [7, 11) is 0. The maximum atomic E-state index is 6.48. The van der Waals surface area contributed by atoms with E-state index in [0.29, 0.717) is 6.04 Å². The third kappa shape index (κ3) is 5.27. The van der Waals surface area contributed by atoms with Crippen LogP contribution in [0.25, 0.3) is 0 Å². The van der Waals surface area contributed by atoms with E-state index < -0.39 is 0 Å². The lowest BCUT2D eigenvalue weighted by Crippen LogP contribution is -2.25. The second-order valence-electron chi connectivity index (χ2n) is 8.42. The Morgan fingerprint density at radius 3 is 2.29 bits per heavy atom. The molecule has 21 heavy (non-hydrogen) atoms. The zero-order valence-electron chi connectivity index (χ0n) is 14.8. The van der Waals surface area contributed by atoms with Crippen LogP contribution >= 0.6 is 0 Å². The first-order chi connectivity index (χ1) is 10.1. The Balaban J connectivity index is 1.77. The molecule has 0 radical (unpaired) electrons. The fraction of sp³-hybridized carbons (Fsp3) is 1.00. The summed E-state index contributed by atoms with van der Waals surface area (Å²) >= 11 is 0. The lowest BCUT2D eigenvalue weighted by molar-refractivity contribution is 0.285. The molecule has 2 unspecified atom stereocenters. The molecule has 2 aliphatic rings. The Kier molecular flexibility index (Phi) is 7.05. The van der Waals surface area contributed by atoms with Crippen molar-refractivity contribution in [3.8, 4) is 0 Å². The van der Waals surface area contributed by atoms with Crippen LogP contribution in [0.1, 0.15) is 91.4 Å². The van der Waals surface area contributed by atoms with E-state index in [1.807, 2.05) is 0 Å². The molecular formula is C20H39N. The molecule has 1 nitrogen and oxygen atoms in total. The summed E-state index contributed by atoms with van der Waals surface area (Å²) in [4.78, 5) is 0. The van der Waals surface area contributed by atoms with E-state index in [-0.39, 0.29) is 0 Å². The molecule has 2 rings (SSSR count). The molecule has 2 fully saturated rings. The molecule has 2 saturated carbocycles. The summed E-state index contributed by atoms with van der Waals surface area (Å²) in [6.07, 6.45) is 15.7. The number of nitrogens with two attached hydrogens (primary N) is 1. The Morgan fingerprint density at radius 2 is 1.62 bits per heavy atom. The largest absolute Gasteiger partial charge is 0.328 e. The molecular weight excluding hydrogens is 254 g/mol. The maximum Gasteiger partial charge on any atom is 0.00442 e. The summed E-state index contributed by atoms with van der Waals surface area (Å²) in [5.41, 5.74) is 6.48. The van der Waals surface area contributed by atoms with Crippen LogP contribution in [0, 0.1) is 29.6 Å². The minimum absolute atomic E-state index is 0.488. The molecule has 2 aliphatic carbocycles. The van der Waals surface area contributed by atoms with Gasteiger partial charge in [-0.1, -0.05) is 72.1 Å². The zero-order valence-corrected chi connectivity index (χ0v) is 14.8. The molecule has 0 heterocycles. The van der Waals surface area contributed by atoms with Gasteiger partial charge in [0.2, 0.25) is 0 Å². The van der Waals surface area contributed by atoms with Gasteiger partial charge in [-0.15, -0.1) is 0 Å². The Labute approximate surface area is 133 Å². The second kappa shape index (κ2) is 8.56. The van der Waals surface area contributed by atoms with Crippen molar-refractivity contribution in [3.05, 3.63) is 0 Å². The average Bonchev–Trinajstić information content (AvgIpc) is 2.94. The van der Waals surface area contributed by atoms with E-state index in [4.69, 9.17) is 5.73 Å². The van der Waals surface area contributed by atoms with Gasteiger partial charge in [-0.2, -0.15) is 0 Å². The Morgan fingerprint density at radius 1 is 0.905 bits per heavy atom. The Bertz CT molecular complexity index is 282. The minimum atomic E-state index is 0.488. The van der Waals surface area contributed by atoms with Gasteiger partial charge in [-0.3, -0.25) is 0 Å². The van der Waals surface area contributed by atoms with Gasteiger partial charge in [0, 0.05) is 6.04 Å². The predicted octanol–water partition coefficient (Wildman–Crippen LogP) is 5.77. The van der Waals surface area contributed by atoms with E-state index in [1.54, 1.807) is 0 Å². The van der Waals surface area contributed by atoms with E-state index in [1.165, 1.54) is 70.6 Å². The van der Waals surface area contributed by atoms with Crippen molar-refractivity contribution in [1.82, 2.24) is 0 Å². The zero-order chi connectivity index (χ0) is 15.2. The van der Waals surface area contributed by atoms with Crippen molar-refractivity contribution < 1.29 is 0 Å². The highest BCUT2D eigenvalue weighted by molar-refractivity contribution is 4.84. The van der Waals surface area contributed by atoms with E-state index in [2.05, 4.69) is 20.8 Å². The summed E-state index contributed by atoms with van der Waals surface area (Å²) in [5, 5.41) is 0. The van der Waals surface area contributed by atoms with Gasteiger partial charge in [0.15, 0.2) is 0 Å². The normalized spacial score (nSPS) is 34.6. The number of hydrogen-bond acceptors (Lipinski definition) is 1. The Hall–Kier alpha value is -0.0400. The lowest BCUT2D eigenvalue weighted by Gasteiger charge is -2.23. The van der Waals surface area contributed by atoms with Gasteiger partial charge in [0.1, 0.15) is 0 Å². The monoisotopic (exact) mass is 293 g/mol. The summed E-state index contributed by atoms with van der Waals surface area (Å²) in [6.45, 7) is 7.20. The SMILES string of the molecule is CC[C@H](C)[C@H](C)CCC1CC[C@@H](C2CCCC2)CC(N)C1. The summed E-state index contributed by atoms with van der Waals surface area (Å²) in [5.74, 6) is 4.67. The summed E-state index contributed by atoms with van der Waals surface area (Å²) < 4.78 is 0. The van der Waals surface area contributed by atoms with Crippen molar-refractivity contribution in [3.63, 3.8) is 0 Å². The number of rotatable bonds is 6. The molecule has 0 aromatic heterocycles. The number of hydrogen-bond donors (Lipinski definition) is 1. The molecule has 0 bridgehead atoms.